The van der Waals surface area contributed by atoms with Gasteiger partial charge >= 0.3 is 0 Å². The van der Waals surface area contributed by atoms with Crippen LogP contribution in [-0.2, 0) is 0 Å². The van der Waals surface area contributed by atoms with Crippen LogP contribution in [-0.4, -0.2) is 24.7 Å². The fraction of sp³-hybridized carbons (Fsp3) is 0. The van der Waals surface area contributed by atoms with Gasteiger partial charge in [0.15, 0.2) is 0 Å². The third-order valence-electron chi connectivity index (χ3n) is 1.45. The molecule has 2 rings (SSSR count). The zero-order valence-corrected chi connectivity index (χ0v) is 6.15. The molecule has 0 saturated carbocycles. The van der Waals surface area contributed by atoms with E-state index in [1.807, 2.05) is 4.98 Å². The highest BCUT2D eigenvalue weighted by Crippen LogP contribution is 2.10. The number of nitrogens with one attached hydrogen (secondary N) is 1. The molecule has 0 radical (unpaired) electrons. The molecule has 0 aliphatic rings. The second kappa shape index (κ2) is 2.19. The number of nitrogen functional groups attached to an aromatic ring is 1. The van der Waals surface area contributed by atoms with E-state index < -0.39 is 17.3 Å². The van der Waals surface area contributed by atoms with Gasteiger partial charge < -0.3 is 10.8 Å². The van der Waals surface area contributed by atoms with Crippen LogP contribution in [0.3, 0.4) is 0 Å². The van der Waals surface area contributed by atoms with Crippen molar-refractivity contribution >= 4 is 11.7 Å². The van der Waals surface area contributed by atoms with Crippen LogP contribution >= 0.6 is 0 Å². The van der Waals surface area contributed by atoms with Crippen molar-refractivity contribution in [3.63, 3.8) is 0 Å². The molecule has 7 nitrogen and oxygen atoms in total. The Morgan fingerprint density at radius 3 is 3.00 bits per heavy atom. The van der Waals surface area contributed by atoms with Gasteiger partial charge in [-0.2, -0.15) is 13.9 Å². The Kier molecular flexibility index (Phi) is 1.27. The summed E-state index contributed by atoms with van der Waals surface area (Å²) in [7, 11) is 0. The van der Waals surface area contributed by atoms with Gasteiger partial charge in [0.05, 0.1) is 0 Å². The monoisotopic (exact) mass is 185 g/mol. The highest BCUT2D eigenvalue weighted by atomic mass is 19.1. The number of hydrogen-bond donors (Lipinski definition) is 3. The minimum Gasteiger partial charge on any atom is -0.491 e. The maximum atomic E-state index is 12.7. The molecule has 8 heteroatoms. The van der Waals surface area contributed by atoms with Gasteiger partial charge in [-0.1, -0.05) is 0 Å². The molecule has 4 N–H and O–H groups in total. The van der Waals surface area contributed by atoms with Crippen LogP contribution in [0, 0.1) is 5.82 Å². The lowest BCUT2D eigenvalue weighted by atomic mass is 10.6. The van der Waals surface area contributed by atoms with Crippen LogP contribution < -0.4 is 11.3 Å². The fourth-order valence-corrected chi connectivity index (χ4v) is 0.908. The Labute approximate surface area is 69.6 Å². The predicted octanol–water partition coefficient (Wildman–Crippen LogP) is -1.16. The summed E-state index contributed by atoms with van der Waals surface area (Å²) in [6, 6.07) is 0. The molecule has 0 spiro atoms. The number of fused-ring (bicyclic) bond motifs is 1. The number of aromatic hydroxyl groups is 1. The molecule has 68 valence electrons. The second-order valence-corrected chi connectivity index (χ2v) is 2.30. The Morgan fingerprint density at radius 1 is 1.62 bits per heavy atom. The average molecular weight is 185 g/mol. The maximum absolute atomic E-state index is 12.7. The molecule has 0 unspecified atom stereocenters. The molecule has 0 fully saturated rings. The van der Waals surface area contributed by atoms with Crippen LogP contribution in [0.2, 0.25) is 0 Å². The molecule has 0 aliphatic carbocycles. The first-order valence-corrected chi connectivity index (χ1v) is 3.22. The van der Waals surface area contributed by atoms with Crippen LogP contribution in [0.4, 0.5) is 10.3 Å². The van der Waals surface area contributed by atoms with Crippen molar-refractivity contribution in [3.05, 3.63) is 16.2 Å². The number of nitrogens with two attached hydrogens (primary N) is 1. The first-order chi connectivity index (χ1) is 6.09. The standard InChI is InChI=1S/C5H4FN5O2/c6-1-2(12)8-5-9-4(7)10-11(5)3(1)13/h13H,(H3,7,8,9,10,12). The van der Waals surface area contributed by atoms with Gasteiger partial charge in [-0.3, -0.25) is 9.78 Å². The fourth-order valence-electron chi connectivity index (χ4n) is 0.908. The van der Waals surface area contributed by atoms with Crippen LogP contribution in [0.5, 0.6) is 5.88 Å². The van der Waals surface area contributed by atoms with Crippen LogP contribution in [0.15, 0.2) is 4.79 Å². The number of hydrogen-bond acceptors (Lipinski definition) is 5. The van der Waals surface area contributed by atoms with E-state index in [0.29, 0.717) is 4.52 Å². The molecule has 0 amide bonds. The molecule has 0 aliphatic heterocycles. The van der Waals surface area contributed by atoms with Gasteiger partial charge in [-0.15, -0.1) is 5.10 Å². The lowest BCUT2D eigenvalue weighted by Crippen LogP contribution is -2.13. The molecule has 2 aromatic rings. The van der Waals surface area contributed by atoms with Gasteiger partial charge in [0.2, 0.25) is 17.5 Å². The number of halogens is 1. The first kappa shape index (κ1) is 7.53. The Morgan fingerprint density at radius 2 is 2.31 bits per heavy atom. The Bertz CT molecular complexity index is 529. The van der Waals surface area contributed by atoms with Crippen molar-refractivity contribution in [2.75, 3.05) is 5.73 Å². The van der Waals surface area contributed by atoms with Crippen molar-refractivity contribution in [1.29, 1.82) is 0 Å². The normalized spacial score (nSPS) is 10.8. The summed E-state index contributed by atoms with van der Waals surface area (Å²) in [5, 5.41) is 12.5. The third kappa shape index (κ3) is 0.916. The molecule has 0 atom stereocenters. The third-order valence-corrected chi connectivity index (χ3v) is 1.45. The molecule has 0 bridgehead atoms. The second-order valence-electron chi connectivity index (χ2n) is 2.30. The van der Waals surface area contributed by atoms with E-state index in [-0.39, 0.29) is 11.7 Å². The van der Waals surface area contributed by atoms with Gasteiger partial charge in [0.25, 0.3) is 11.4 Å². The van der Waals surface area contributed by atoms with Crippen LogP contribution in [0.25, 0.3) is 5.78 Å². The summed E-state index contributed by atoms with van der Waals surface area (Å²) in [4.78, 5) is 16.3. The lowest BCUT2D eigenvalue weighted by Gasteiger charge is -1.94. The Hall–Kier alpha value is -2.12. The number of nitrogens with zero attached hydrogens (tertiary/aromatic N) is 3. The molecular weight excluding hydrogens is 181 g/mol. The minimum absolute atomic E-state index is 0.110. The van der Waals surface area contributed by atoms with Crippen LogP contribution in [0.1, 0.15) is 0 Å². The number of H-pyrrole nitrogens is 1. The molecule has 13 heavy (non-hydrogen) atoms. The van der Waals surface area contributed by atoms with Crippen molar-refractivity contribution in [2.45, 2.75) is 0 Å². The van der Waals surface area contributed by atoms with E-state index in [9.17, 15) is 9.18 Å². The number of anilines is 1. The predicted molar refractivity (Wildman–Crippen MR) is 39.6 cm³/mol. The highest BCUT2D eigenvalue weighted by Gasteiger charge is 2.13. The number of aromatic nitrogens is 4. The summed E-state index contributed by atoms with van der Waals surface area (Å²) >= 11 is 0. The quantitative estimate of drug-likeness (QED) is 0.479. The Balaban J connectivity index is 3.01. The summed E-state index contributed by atoms with van der Waals surface area (Å²) < 4.78 is 13.4. The topological polar surface area (TPSA) is 109 Å². The first-order valence-electron chi connectivity index (χ1n) is 3.22. The highest BCUT2D eigenvalue weighted by molar-refractivity contribution is 5.36. The van der Waals surface area contributed by atoms with E-state index in [4.69, 9.17) is 10.8 Å². The minimum atomic E-state index is -1.32. The molecular formula is C5H4FN5O2. The zero-order valence-electron chi connectivity index (χ0n) is 6.15. The van der Waals surface area contributed by atoms with E-state index in [1.54, 1.807) is 0 Å². The summed E-state index contributed by atoms with van der Waals surface area (Å²) in [5.41, 5.74) is 4.09. The molecule has 0 saturated heterocycles. The average Bonchev–Trinajstić information content (AvgIpc) is 2.42. The summed E-state index contributed by atoms with van der Waals surface area (Å²) in [6.45, 7) is 0. The van der Waals surface area contributed by atoms with Crippen molar-refractivity contribution < 1.29 is 9.50 Å². The van der Waals surface area contributed by atoms with Gasteiger partial charge in [-0.25, -0.2) is 0 Å². The van der Waals surface area contributed by atoms with Gasteiger partial charge in [-0.05, 0) is 0 Å². The van der Waals surface area contributed by atoms with Crippen molar-refractivity contribution in [3.8, 4) is 5.88 Å². The van der Waals surface area contributed by atoms with E-state index in [1.165, 1.54) is 0 Å². The number of aromatic amines is 1. The van der Waals surface area contributed by atoms with Gasteiger partial charge in [0.1, 0.15) is 0 Å². The zero-order chi connectivity index (χ0) is 9.59. The SMILES string of the molecule is Nc1nc2[nH]c(=O)c(F)c(O)n2n1. The van der Waals surface area contributed by atoms with Crippen molar-refractivity contribution in [1.82, 2.24) is 19.6 Å². The van der Waals surface area contributed by atoms with E-state index in [2.05, 4.69) is 10.1 Å². The summed E-state index contributed by atoms with van der Waals surface area (Å²) in [6.07, 6.45) is 0. The molecule has 0 aromatic carbocycles. The van der Waals surface area contributed by atoms with Crippen molar-refractivity contribution in [2.24, 2.45) is 0 Å². The molecule has 2 heterocycles. The largest absolute Gasteiger partial charge is 0.491 e. The lowest BCUT2D eigenvalue weighted by molar-refractivity contribution is 0.390. The number of rotatable bonds is 0. The smallest absolute Gasteiger partial charge is 0.292 e. The molecule has 2 aromatic heterocycles. The van der Waals surface area contributed by atoms with Gasteiger partial charge in [0, 0.05) is 0 Å². The van der Waals surface area contributed by atoms with E-state index in [0.717, 1.165) is 0 Å². The van der Waals surface area contributed by atoms with E-state index >= 15 is 0 Å². The summed E-state index contributed by atoms with van der Waals surface area (Å²) in [5.74, 6) is -2.52. The maximum Gasteiger partial charge on any atom is 0.292 e.